The minimum Gasteiger partial charge on any atom is -0.360 e. The molecule has 0 bridgehead atoms. The quantitative estimate of drug-likeness (QED) is 0.703. The Morgan fingerprint density at radius 1 is 1.03 bits per heavy atom. The van der Waals surface area contributed by atoms with E-state index in [-0.39, 0.29) is 0 Å². The van der Waals surface area contributed by atoms with Crippen LogP contribution < -0.4 is 20.4 Å². The number of halogens is 3. The van der Waals surface area contributed by atoms with Gasteiger partial charge in [-0.05, 0) is 18.2 Å². The summed E-state index contributed by atoms with van der Waals surface area (Å²) in [5.74, 6) is -0.414. The first-order valence-corrected chi connectivity index (χ1v) is 9.64. The van der Waals surface area contributed by atoms with Crippen LogP contribution in [0.3, 0.4) is 0 Å². The molecular weight excluding hydrogens is 397 g/mol. The van der Waals surface area contributed by atoms with Gasteiger partial charge in [-0.2, -0.15) is 13.2 Å². The zero-order valence-electron chi connectivity index (χ0n) is 16.5. The summed E-state index contributed by atoms with van der Waals surface area (Å²) < 4.78 is 39.0. The van der Waals surface area contributed by atoms with E-state index in [0.29, 0.717) is 31.9 Å². The van der Waals surface area contributed by atoms with E-state index in [1.807, 2.05) is 35.2 Å². The van der Waals surface area contributed by atoms with Crippen LogP contribution in [0, 0.1) is 0 Å². The largest absolute Gasteiger partial charge is 0.416 e. The Morgan fingerprint density at radius 2 is 1.70 bits per heavy atom. The van der Waals surface area contributed by atoms with Crippen molar-refractivity contribution in [2.45, 2.75) is 12.2 Å². The van der Waals surface area contributed by atoms with E-state index in [0.717, 1.165) is 22.6 Å². The molecule has 0 aromatic heterocycles. The van der Waals surface area contributed by atoms with Crippen molar-refractivity contribution in [3.05, 3.63) is 65.7 Å². The second-order valence-corrected chi connectivity index (χ2v) is 7.11. The average Bonchev–Trinajstić information content (AvgIpc) is 2.74. The first kappa shape index (κ1) is 21.6. The fraction of sp³-hybridized carbons (Fsp3) is 0.333. The van der Waals surface area contributed by atoms with Crippen molar-refractivity contribution in [1.82, 2.24) is 10.6 Å². The Labute approximate surface area is 172 Å². The standard InChI is InChI=1S/C21H23F3N4O2/c1-25-20(30)26-19(29)18(15-6-3-2-4-7-15)28-12-10-27(11-13-28)17-9-5-8-16(14-17)21(22,23)24/h2-9,14,18H,10-13H2,1H3,(H2,25,26,29,30)/p+1/t18-/m1/s1. The van der Waals surface area contributed by atoms with Crippen LogP contribution in [0.2, 0.25) is 0 Å². The molecule has 160 valence electrons. The zero-order chi connectivity index (χ0) is 21.7. The van der Waals surface area contributed by atoms with E-state index in [2.05, 4.69) is 10.6 Å². The number of piperazine rings is 1. The smallest absolute Gasteiger partial charge is 0.360 e. The van der Waals surface area contributed by atoms with Crippen LogP contribution in [-0.4, -0.2) is 45.2 Å². The van der Waals surface area contributed by atoms with Crippen LogP contribution in [0.5, 0.6) is 0 Å². The second-order valence-electron chi connectivity index (χ2n) is 7.11. The normalized spacial score (nSPS) is 16.1. The maximum atomic E-state index is 13.0. The lowest BCUT2D eigenvalue weighted by Crippen LogP contribution is -3.16. The minimum atomic E-state index is -4.39. The van der Waals surface area contributed by atoms with Crippen molar-refractivity contribution >= 4 is 17.6 Å². The van der Waals surface area contributed by atoms with Crippen LogP contribution in [0.4, 0.5) is 23.7 Å². The van der Waals surface area contributed by atoms with Crippen molar-refractivity contribution in [3.63, 3.8) is 0 Å². The number of nitrogens with zero attached hydrogens (tertiary/aromatic N) is 1. The molecule has 1 saturated heterocycles. The summed E-state index contributed by atoms with van der Waals surface area (Å²) in [4.78, 5) is 27.3. The summed E-state index contributed by atoms with van der Waals surface area (Å²) in [5.41, 5.74) is 0.610. The molecular formula is C21H24F3N4O2+. The van der Waals surface area contributed by atoms with Gasteiger partial charge in [-0.1, -0.05) is 36.4 Å². The van der Waals surface area contributed by atoms with Crippen LogP contribution in [0.1, 0.15) is 17.2 Å². The van der Waals surface area contributed by atoms with Crippen LogP contribution >= 0.6 is 0 Å². The third kappa shape index (κ3) is 5.10. The molecule has 1 aliphatic rings. The number of carbonyl (C=O) groups excluding carboxylic acids is 2. The first-order chi connectivity index (χ1) is 14.3. The number of quaternary nitrogens is 1. The molecule has 1 fully saturated rings. The Bertz CT molecular complexity index is 881. The molecule has 0 unspecified atom stereocenters. The van der Waals surface area contributed by atoms with Gasteiger partial charge in [0.15, 0.2) is 6.04 Å². The van der Waals surface area contributed by atoms with Gasteiger partial charge < -0.3 is 15.1 Å². The van der Waals surface area contributed by atoms with Crippen molar-refractivity contribution in [3.8, 4) is 0 Å². The summed E-state index contributed by atoms with van der Waals surface area (Å²) >= 11 is 0. The van der Waals surface area contributed by atoms with E-state index in [9.17, 15) is 22.8 Å². The van der Waals surface area contributed by atoms with Gasteiger partial charge in [0.1, 0.15) is 0 Å². The Morgan fingerprint density at radius 3 is 2.30 bits per heavy atom. The summed E-state index contributed by atoms with van der Waals surface area (Å²) in [5, 5.41) is 4.71. The first-order valence-electron chi connectivity index (χ1n) is 9.64. The molecule has 2 aromatic carbocycles. The Kier molecular flexibility index (Phi) is 6.61. The van der Waals surface area contributed by atoms with Crippen LogP contribution in [0.15, 0.2) is 54.6 Å². The lowest BCUT2D eigenvalue weighted by molar-refractivity contribution is -0.922. The molecule has 30 heavy (non-hydrogen) atoms. The Hall–Kier alpha value is -3.07. The molecule has 1 aliphatic heterocycles. The monoisotopic (exact) mass is 421 g/mol. The van der Waals surface area contributed by atoms with Crippen molar-refractivity contribution in [2.75, 3.05) is 38.1 Å². The molecule has 2 aromatic rings. The van der Waals surface area contributed by atoms with Gasteiger partial charge in [0.05, 0.1) is 31.7 Å². The van der Waals surface area contributed by atoms with Gasteiger partial charge in [-0.25, -0.2) is 4.79 Å². The highest BCUT2D eigenvalue weighted by Crippen LogP contribution is 2.31. The molecule has 0 saturated carbocycles. The molecule has 1 atom stereocenters. The summed E-state index contributed by atoms with van der Waals surface area (Å²) in [6, 6.07) is 13.3. The number of alkyl halides is 3. The maximum absolute atomic E-state index is 13.0. The van der Waals surface area contributed by atoms with E-state index < -0.39 is 29.7 Å². The number of carbonyl (C=O) groups is 2. The van der Waals surface area contributed by atoms with Gasteiger partial charge in [0.25, 0.3) is 5.91 Å². The minimum absolute atomic E-state index is 0.414. The molecule has 3 N–H and O–H groups in total. The number of urea groups is 1. The molecule has 0 radical (unpaired) electrons. The summed E-state index contributed by atoms with van der Waals surface area (Å²) in [7, 11) is 1.43. The van der Waals surface area contributed by atoms with Crippen molar-refractivity contribution in [1.29, 1.82) is 0 Å². The van der Waals surface area contributed by atoms with Crippen LogP contribution in [0.25, 0.3) is 0 Å². The maximum Gasteiger partial charge on any atom is 0.416 e. The number of hydrogen-bond donors (Lipinski definition) is 3. The average molecular weight is 421 g/mol. The van der Waals surface area contributed by atoms with Gasteiger partial charge >= 0.3 is 12.2 Å². The Balaban J connectivity index is 1.75. The van der Waals surface area contributed by atoms with E-state index in [4.69, 9.17) is 0 Å². The highest BCUT2D eigenvalue weighted by Gasteiger charge is 2.36. The SMILES string of the molecule is CNC(=O)NC(=O)[C@@H](c1ccccc1)[NH+]1CCN(c2cccc(C(F)(F)F)c2)CC1. The molecule has 0 spiro atoms. The van der Waals surface area contributed by atoms with Crippen molar-refractivity contribution in [2.24, 2.45) is 0 Å². The molecule has 1 heterocycles. The van der Waals surface area contributed by atoms with Crippen LogP contribution in [-0.2, 0) is 11.0 Å². The molecule has 9 heteroatoms. The van der Waals surface area contributed by atoms with Gasteiger partial charge in [-0.3, -0.25) is 10.1 Å². The van der Waals surface area contributed by atoms with E-state index in [1.165, 1.54) is 13.1 Å². The fourth-order valence-corrected chi connectivity index (χ4v) is 3.68. The summed E-state index contributed by atoms with van der Waals surface area (Å²) in [6.45, 7) is 2.06. The number of hydrogen-bond acceptors (Lipinski definition) is 3. The van der Waals surface area contributed by atoms with Crippen molar-refractivity contribution < 1.29 is 27.7 Å². The number of nitrogens with one attached hydrogen (secondary N) is 3. The number of benzene rings is 2. The van der Waals surface area contributed by atoms with E-state index >= 15 is 0 Å². The van der Waals surface area contributed by atoms with Gasteiger partial charge in [0.2, 0.25) is 0 Å². The molecule has 0 aliphatic carbocycles. The topological polar surface area (TPSA) is 65.9 Å². The highest BCUT2D eigenvalue weighted by atomic mass is 19.4. The third-order valence-electron chi connectivity index (χ3n) is 5.21. The third-order valence-corrected chi connectivity index (χ3v) is 5.21. The number of anilines is 1. The lowest BCUT2D eigenvalue weighted by Gasteiger charge is -2.37. The summed E-state index contributed by atoms with van der Waals surface area (Å²) in [6.07, 6.45) is -4.39. The number of rotatable bonds is 4. The number of imide groups is 1. The highest BCUT2D eigenvalue weighted by molar-refractivity contribution is 5.96. The number of amides is 3. The predicted octanol–water partition coefficient (Wildman–Crippen LogP) is 1.61. The van der Waals surface area contributed by atoms with Gasteiger partial charge in [0, 0.05) is 18.3 Å². The van der Waals surface area contributed by atoms with E-state index in [1.54, 1.807) is 6.07 Å². The molecule has 6 nitrogen and oxygen atoms in total. The predicted molar refractivity (Wildman–Crippen MR) is 106 cm³/mol. The lowest BCUT2D eigenvalue weighted by atomic mass is 10.0. The molecule has 3 rings (SSSR count). The fourth-order valence-electron chi connectivity index (χ4n) is 3.68. The second kappa shape index (κ2) is 9.17. The van der Waals surface area contributed by atoms with Gasteiger partial charge in [-0.15, -0.1) is 0 Å². The molecule has 3 amide bonds. The zero-order valence-corrected chi connectivity index (χ0v) is 16.5.